The molecule has 0 aromatic rings. The quantitative estimate of drug-likeness (QED) is 0.641. The molecule has 1 saturated carbocycles. The van der Waals surface area contributed by atoms with Gasteiger partial charge in [-0.1, -0.05) is 51.9 Å². The normalized spacial score (nSPS) is 25.4. The van der Waals surface area contributed by atoms with E-state index in [9.17, 15) is 10.2 Å². The van der Waals surface area contributed by atoms with E-state index in [2.05, 4.69) is 6.92 Å². The Hall–Kier alpha value is -0.0800. The lowest BCUT2D eigenvalue weighted by Gasteiger charge is -2.32. The van der Waals surface area contributed by atoms with Gasteiger partial charge in [0.25, 0.3) is 0 Å². The van der Waals surface area contributed by atoms with Crippen molar-refractivity contribution in [2.24, 2.45) is 17.8 Å². The predicted octanol–water partition coefficient (Wildman–Crippen LogP) is 3.36. The van der Waals surface area contributed by atoms with Crippen LogP contribution in [-0.2, 0) is 0 Å². The minimum atomic E-state index is 0.135. The first-order valence-corrected chi connectivity index (χ1v) is 7.53. The summed E-state index contributed by atoms with van der Waals surface area (Å²) in [5, 5.41) is 18.4. The minimum absolute atomic E-state index is 0.135. The molecule has 102 valence electrons. The molecule has 2 heteroatoms. The van der Waals surface area contributed by atoms with Crippen molar-refractivity contribution in [3.63, 3.8) is 0 Å². The summed E-state index contributed by atoms with van der Waals surface area (Å²) < 4.78 is 0. The lowest BCUT2D eigenvalue weighted by atomic mass is 9.75. The number of aliphatic hydroxyl groups is 2. The molecule has 0 amide bonds. The second-order valence-corrected chi connectivity index (χ2v) is 5.76. The fourth-order valence-corrected chi connectivity index (χ4v) is 3.16. The Labute approximate surface area is 106 Å². The van der Waals surface area contributed by atoms with Crippen LogP contribution in [0.5, 0.6) is 0 Å². The Morgan fingerprint density at radius 2 is 1.59 bits per heavy atom. The summed E-state index contributed by atoms with van der Waals surface area (Å²) in [6.07, 6.45) is 11.9. The fraction of sp³-hybridized carbons (Fsp3) is 1.00. The van der Waals surface area contributed by atoms with Crippen LogP contribution in [0.25, 0.3) is 0 Å². The van der Waals surface area contributed by atoms with E-state index in [0.29, 0.717) is 5.92 Å². The highest BCUT2D eigenvalue weighted by atomic mass is 16.3. The van der Waals surface area contributed by atoms with Gasteiger partial charge in [0.15, 0.2) is 0 Å². The van der Waals surface area contributed by atoms with Crippen LogP contribution in [-0.4, -0.2) is 23.4 Å². The molecule has 1 rings (SSSR count). The van der Waals surface area contributed by atoms with Crippen LogP contribution in [0.1, 0.15) is 64.7 Å². The van der Waals surface area contributed by atoms with Crippen LogP contribution in [0.2, 0.25) is 0 Å². The predicted molar refractivity (Wildman–Crippen MR) is 71.9 cm³/mol. The SMILES string of the molecule is CCCCCCC1CCC(C(CO)CO)CC1. The lowest BCUT2D eigenvalue weighted by molar-refractivity contribution is 0.0781. The Morgan fingerprint density at radius 3 is 2.12 bits per heavy atom. The first kappa shape index (κ1) is 15.0. The van der Waals surface area contributed by atoms with Crippen molar-refractivity contribution < 1.29 is 10.2 Å². The van der Waals surface area contributed by atoms with Gasteiger partial charge in [-0.25, -0.2) is 0 Å². The Morgan fingerprint density at radius 1 is 0.941 bits per heavy atom. The third-order valence-corrected chi connectivity index (χ3v) is 4.49. The van der Waals surface area contributed by atoms with Crippen molar-refractivity contribution in [1.82, 2.24) is 0 Å². The Balaban J connectivity index is 2.12. The topological polar surface area (TPSA) is 40.5 Å². The molecule has 2 N–H and O–H groups in total. The van der Waals surface area contributed by atoms with Gasteiger partial charge in [-0.2, -0.15) is 0 Å². The largest absolute Gasteiger partial charge is 0.396 e. The van der Waals surface area contributed by atoms with Gasteiger partial charge in [0.1, 0.15) is 0 Å². The first-order chi connectivity index (χ1) is 8.31. The average Bonchev–Trinajstić information content (AvgIpc) is 2.38. The van der Waals surface area contributed by atoms with E-state index >= 15 is 0 Å². The standard InChI is InChI=1S/C15H30O2/c1-2-3-4-5-6-13-7-9-14(10-8-13)15(11-16)12-17/h13-17H,2-12H2,1H3. The van der Waals surface area contributed by atoms with Crippen LogP contribution in [0.15, 0.2) is 0 Å². The van der Waals surface area contributed by atoms with Crippen LogP contribution in [0, 0.1) is 17.8 Å². The molecule has 0 heterocycles. The van der Waals surface area contributed by atoms with Crippen molar-refractivity contribution in [1.29, 1.82) is 0 Å². The van der Waals surface area contributed by atoms with Gasteiger partial charge < -0.3 is 10.2 Å². The highest BCUT2D eigenvalue weighted by Crippen LogP contribution is 2.35. The highest BCUT2D eigenvalue weighted by Gasteiger charge is 2.26. The molecule has 0 aromatic carbocycles. The van der Waals surface area contributed by atoms with E-state index in [1.54, 1.807) is 0 Å². The molecule has 1 aliphatic carbocycles. The smallest absolute Gasteiger partial charge is 0.0483 e. The van der Waals surface area contributed by atoms with Gasteiger partial charge in [0.2, 0.25) is 0 Å². The summed E-state index contributed by atoms with van der Waals surface area (Å²) in [6, 6.07) is 0. The third kappa shape index (κ3) is 5.39. The Bertz CT molecular complexity index is 170. The van der Waals surface area contributed by atoms with E-state index in [1.807, 2.05) is 0 Å². The zero-order valence-corrected chi connectivity index (χ0v) is 11.4. The molecule has 17 heavy (non-hydrogen) atoms. The summed E-state index contributed by atoms with van der Waals surface area (Å²) in [6.45, 7) is 2.57. The third-order valence-electron chi connectivity index (χ3n) is 4.49. The summed E-state index contributed by atoms with van der Waals surface area (Å²) in [5.74, 6) is 1.62. The van der Waals surface area contributed by atoms with E-state index in [0.717, 1.165) is 5.92 Å². The van der Waals surface area contributed by atoms with Gasteiger partial charge in [0.05, 0.1) is 0 Å². The van der Waals surface area contributed by atoms with Crippen molar-refractivity contribution in [3.05, 3.63) is 0 Å². The van der Waals surface area contributed by atoms with E-state index in [1.165, 1.54) is 57.8 Å². The molecule has 0 aromatic heterocycles. The number of aliphatic hydroxyl groups excluding tert-OH is 2. The van der Waals surface area contributed by atoms with Crippen LogP contribution in [0.3, 0.4) is 0 Å². The van der Waals surface area contributed by atoms with E-state index in [4.69, 9.17) is 0 Å². The second kappa shape index (κ2) is 8.93. The molecule has 0 unspecified atom stereocenters. The van der Waals surface area contributed by atoms with Crippen molar-refractivity contribution in [2.45, 2.75) is 64.7 Å². The zero-order valence-electron chi connectivity index (χ0n) is 11.4. The molecular weight excluding hydrogens is 212 g/mol. The van der Waals surface area contributed by atoms with Gasteiger partial charge in [0, 0.05) is 19.1 Å². The van der Waals surface area contributed by atoms with Crippen LogP contribution >= 0.6 is 0 Å². The number of hydrogen-bond donors (Lipinski definition) is 2. The van der Waals surface area contributed by atoms with Crippen molar-refractivity contribution >= 4 is 0 Å². The van der Waals surface area contributed by atoms with Crippen molar-refractivity contribution in [3.8, 4) is 0 Å². The molecule has 2 nitrogen and oxygen atoms in total. The summed E-state index contributed by atoms with van der Waals surface area (Å²) in [5.41, 5.74) is 0. The van der Waals surface area contributed by atoms with E-state index in [-0.39, 0.29) is 19.1 Å². The molecule has 0 radical (unpaired) electrons. The molecule has 0 aliphatic heterocycles. The number of hydrogen-bond acceptors (Lipinski definition) is 2. The van der Waals surface area contributed by atoms with Crippen LogP contribution < -0.4 is 0 Å². The molecule has 0 atom stereocenters. The Kier molecular flexibility index (Phi) is 7.87. The molecular formula is C15H30O2. The second-order valence-electron chi connectivity index (χ2n) is 5.76. The van der Waals surface area contributed by atoms with E-state index < -0.39 is 0 Å². The van der Waals surface area contributed by atoms with Gasteiger partial charge in [-0.15, -0.1) is 0 Å². The number of rotatable bonds is 8. The number of unbranched alkanes of at least 4 members (excludes halogenated alkanes) is 3. The monoisotopic (exact) mass is 242 g/mol. The molecule has 1 aliphatic rings. The lowest BCUT2D eigenvalue weighted by Crippen LogP contribution is -2.26. The summed E-state index contributed by atoms with van der Waals surface area (Å²) >= 11 is 0. The van der Waals surface area contributed by atoms with Crippen molar-refractivity contribution in [2.75, 3.05) is 13.2 Å². The maximum atomic E-state index is 9.18. The molecule has 0 bridgehead atoms. The molecule has 1 fully saturated rings. The highest BCUT2D eigenvalue weighted by molar-refractivity contribution is 4.77. The fourth-order valence-electron chi connectivity index (χ4n) is 3.16. The first-order valence-electron chi connectivity index (χ1n) is 7.53. The van der Waals surface area contributed by atoms with Crippen LogP contribution in [0.4, 0.5) is 0 Å². The summed E-state index contributed by atoms with van der Waals surface area (Å²) in [7, 11) is 0. The summed E-state index contributed by atoms with van der Waals surface area (Å²) in [4.78, 5) is 0. The maximum absolute atomic E-state index is 9.18. The molecule has 0 saturated heterocycles. The molecule has 0 spiro atoms. The maximum Gasteiger partial charge on any atom is 0.0483 e. The zero-order chi connectivity index (χ0) is 12.5. The van der Waals surface area contributed by atoms with Gasteiger partial charge in [-0.3, -0.25) is 0 Å². The van der Waals surface area contributed by atoms with Gasteiger partial charge >= 0.3 is 0 Å². The average molecular weight is 242 g/mol. The van der Waals surface area contributed by atoms with Gasteiger partial charge in [-0.05, 0) is 24.7 Å². The minimum Gasteiger partial charge on any atom is -0.396 e.